The molecule has 2 amide bonds. The zero-order valence-electron chi connectivity index (χ0n) is 20.3. The van der Waals surface area contributed by atoms with E-state index in [0.717, 1.165) is 31.6 Å². The molecule has 2 aromatic rings. The van der Waals surface area contributed by atoms with Crippen molar-refractivity contribution in [3.8, 4) is 0 Å². The number of nitrogens with one attached hydrogen (secondary N) is 1. The van der Waals surface area contributed by atoms with E-state index < -0.39 is 5.60 Å². The summed E-state index contributed by atoms with van der Waals surface area (Å²) in [4.78, 5) is 29.6. The number of nitrogens with zero attached hydrogens (tertiary/aromatic N) is 3. The van der Waals surface area contributed by atoms with Gasteiger partial charge in [0.1, 0.15) is 11.3 Å². The Morgan fingerprint density at radius 2 is 1.73 bits per heavy atom. The van der Waals surface area contributed by atoms with Gasteiger partial charge in [-0.05, 0) is 89.3 Å². The number of carbonyl (C=O) groups excluding carboxylic acids is 2. The molecule has 0 unspecified atom stereocenters. The highest BCUT2D eigenvalue weighted by Crippen LogP contribution is 2.28. The summed E-state index contributed by atoms with van der Waals surface area (Å²) in [6.07, 6.45) is 5.76. The number of aryl methyl sites for hydroxylation is 1. The summed E-state index contributed by atoms with van der Waals surface area (Å²) in [5.74, 6) is -0.108. The first kappa shape index (κ1) is 23.2. The molecular formula is C26H36N4O3. The molecule has 0 bridgehead atoms. The number of hydrogen-bond donors (Lipinski definition) is 1. The second kappa shape index (κ2) is 9.49. The molecule has 178 valence electrons. The number of piperidine rings is 1. The molecule has 3 heterocycles. The molecule has 0 aliphatic carbocycles. The number of likely N-dealkylation sites (tertiary alicyclic amines) is 1. The Hall–Kier alpha value is -2.96. The van der Waals surface area contributed by atoms with Gasteiger partial charge in [-0.1, -0.05) is 0 Å². The molecule has 2 fully saturated rings. The molecule has 2 aliphatic rings. The van der Waals surface area contributed by atoms with Crippen LogP contribution in [-0.4, -0.2) is 53.2 Å². The number of ether oxygens (including phenoxy) is 1. The number of rotatable bonds is 4. The lowest BCUT2D eigenvalue weighted by Gasteiger charge is -2.34. The van der Waals surface area contributed by atoms with Crippen LogP contribution in [0.1, 0.15) is 68.5 Å². The van der Waals surface area contributed by atoms with E-state index in [1.54, 1.807) is 4.90 Å². The third-order valence-corrected chi connectivity index (χ3v) is 6.42. The van der Waals surface area contributed by atoms with Gasteiger partial charge >= 0.3 is 6.09 Å². The van der Waals surface area contributed by atoms with E-state index >= 15 is 0 Å². The maximum absolute atomic E-state index is 13.1. The van der Waals surface area contributed by atoms with Crippen molar-refractivity contribution < 1.29 is 14.3 Å². The minimum absolute atomic E-state index is 0.108. The molecule has 7 heteroatoms. The summed E-state index contributed by atoms with van der Waals surface area (Å²) in [5.41, 5.74) is 3.40. The first-order valence-corrected chi connectivity index (χ1v) is 12.0. The van der Waals surface area contributed by atoms with Crippen molar-refractivity contribution in [2.24, 2.45) is 0 Å². The highest BCUT2D eigenvalue weighted by atomic mass is 16.6. The van der Waals surface area contributed by atoms with Crippen LogP contribution in [0.2, 0.25) is 0 Å². The Morgan fingerprint density at radius 3 is 2.36 bits per heavy atom. The Morgan fingerprint density at radius 1 is 1.03 bits per heavy atom. The van der Waals surface area contributed by atoms with E-state index in [0.29, 0.717) is 18.8 Å². The zero-order chi connectivity index (χ0) is 23.6. The van der Waals surface area contributed by atoms with Crippen LogP contribution in [0.15, 0.2) is 36.5 Å². The van der Waals surface area contributed by atoms with Crippen molar-refractivity contribution in [1.29, 1.82) is 0 Å². The maximum Gasteiger partial charge on any atom is 0.410 e. The van der Waals surface area contributed by atoms with Crippen LogP contribution in [0, 0.1) is 6.92 Å². The van der Waals surface area contributed by atoms with Crippen LogP contribution in [-0.2, 0) is 4.74 Å². The molecule has 0 saturated carbocycles. The highest BCUT2D eigenvalue weighted by molar-refractivity contribution is 6.03. The molecule has 2 saturated heterocycles. The fraction of sp³-hybridized carbons (Fsp3) is 0.538. The predicted molar refractivity (Wildman–Crippen MR) is 131 cm³/mol. The monoisotopic (exact) mass is 452 g/mol. The number of benzene rings is 1. The molecular weight excluding hydrogens is 416 g/mol. The number of hydrogen-bond acceptors (Lipinski definition) is 4. The lowest BCUT2D eigenvalue weighted by molar-refractivity contribution is 0.0187. The second-order valence-corrected chi connectivity index (χ2v) is 10.1. The van der Waals surface area contributed by atoms with E-state index in [1.807, 2.05) is 49.7 Å². The van der Waals surface area contributed by atoms with Gasteiger partial charge in [0.2, 0.25) is 0 Å². The van der Waals surface area contributed by atoms with Crippen LogP contribution in [0.5, 0.6) is 0 Å². The smallest absolute Gasteiger partial charge is 0.410 e. The number of amides is 2. The Labute approximate surface area is 196 Å². The van der Waals surface area contributed by atoms with Crippen molar-refractivity contribution >= 4 is 23.4 Å². The molecule has 1 N–H and O–H groups in total. The van der Waals surface area contributed by atoms with Crippen molar-refractivity contribution in [2.75, 3.05) is 36.4 Å². The van der Waals surface area contributed by atoms with E-state index in [1.165, 1.54) is 24.1 Å². The van der Waals surface area contributed by atoms with Gasteiger partial charge in [0.25, 0.3) is 5.91 Å². The minimum atomic E-state index is -0.495. The molecule has 0 spiro atoms. The van der Waals surface area contributed by atoms with Gasteiger partial charge < -0.3 is 24.4 Å². The van der Waals surface area contributed by atoms with Gasteiger partial charge in [-0.15, -0.1) is 0 Å². The maximum atomic E-state index is 13.1. The van der Waals surface area contributed by atoms with Crippen molar-refractivity contribution in [3.05, 3.63) is 47.8 Å². The van der Waals surface area contributed by atoms with Gasteiger partial charge in [0.05, 0.1) is 0 Å². The topological polar surface area (TPSA) is 66.8 Å². The average molecular weight is 453 g/mol. The lowest BCUT2D eigenvalue weighted by atomic mass is 10.0. The Balaban J connectivity index is 1.38. The summed E-state index contributed by atoms with van der Waals surface area (Å²) >= 11 is 0. The number of aromatic nitrogens is 1. The summed E-state index contributed by atoms with van der Waals surface area (Å²) in [5, 5.41) is 3.07. The van der Waals surface area contributed by atoms with Gasteiger partial charge in [0.15, 0.2) is 0 Å². The summed E-state index contributed by atoms with van der Waals surface area (Å²) in [6, 6.07) is 10.1. The van der Waals surface area contributed by atoms with Crippen LogP contribution < -0.4 is 10.2 Å². The lowest BCUT2D eigenvalue weighted by Crippen LogP contribution is -2.42. The largest absolute Gasteiger partial charge is 0.444 e. The van der Waals surface area contributed by atoms with Crippen molar-refractivity contribution in [3.63, 3.8) is 0 Å². The van der Waals surface area contributed by atoms with E-state index in [2.05, 4.69) is 29.3 Å². The quantitative estimate of drug-likeness (QED) is 0.691. The fourth-order valence-electron chi connectivity index (χ4n) is 4.80. The number of anilines is 2. The average Bonchev–Trinajstić information content (AvgIpc) is 3.45. The SMILES string of the molecule is Cc1cc(NC(=O)c2cccn2C2CCN(C(=O)OC(C)(C)C)CC2)ccc1N1CCCC1. The van der Waals surface area contributed by atoms with E-state index in [4.69, 9.17) is 4.74 Å². The van der Waals surface area contributed by atoms with Crippen molar-refractivity contribution in [1.82, 2.24) is 9.47 Å². The van der Waals surface area contributed by atoms with Gasteiger partial charge in [-0.2, -0.15) is 0 Å². The molecule has 33 heavy (non-hydrogen) atoms. The second-order valence-electron chi connectivity index (χ2n) is 10.1. The van der Waals surface area contributed by atoms with Crippen molar-refractivity contribution in [2.45, 2.75) is 65.0 Å². The standard InChI is InChI=1S/C26H36N4O3/c1-19-18-20(9-10-22(19)28-13-5-6-14-28)27-24(31)23-8-7-15-30(23)21-11-16-29(17-12-21)25(32)33-26(2,3)4/h7-10,15,18,21H,5-6,11-14,16-17H2,1-4H3,(H,27,31). The molecule has 0 radical (unpaired) electrons. The first-order valence-electron chi connectivity index (χ1n) is 12.0. The first-order chi connectivity index (χ1) is 15.7. The Kier molecular flexibility index (Phi) is 6.68. The van der Waals surface area contributed by atoms with Crippen LogP contribution in [0.3, 0.4) is 0 Å². The molecule has 7 nitrogen and oxygen atoms in total. The van der Waals surface area contributed by atoms with Crippen LogP contribution in [0.25, 0.3) is 0 Å². The van der Waals surface area contributed by atoms with E-state index in [9.17, 15) is 9.59 Å². The summed E-state index contributed by atoms with van der Waals surface area (Å²) in [7, 11) is 0. The molecule has 1 aromatic carbocycles. The molecule has 0 atom stereocenters. The summed E-state index contributed by atoms with van der Waals surface area (Å²) < 4.78 is 7.54. The van der Waals surface area contributed by atoms with Gasteiger partial charge in [-0.25, -0.2) is 4.79 Å². The van der Waals surface area contributed by atoms with Crippen LogP contribution >= 0.6 is 0 Å². The highest BCUT2D eigenvalue weighted by Gasteiger charge is 2.28. The normalized spacial score (nSPS) is 17.3. The minimum Gasteiger partial charge on any atom is -0.444 e. The van der Waals surface area contributed by atoms with Gasteiger partial charge in [0, 0.05) is 49.8 Å². The molecule has 2 aliphatic heterocycles. The fourth-order valence-corrected chi connectivity index (χ4v) is 4.80. The number of carbonyl (C=O) groups is 2. The third-order valence-electron chi connectivity index (χ3n) is 6.42. The van der Waals surface area contributed by atoms with Gasteiger partial charge in [-0.3, -0.25) is 4.79 Å². The Bertz CT molecular complexity index is 993. The van der Waals surface area contributed by atoms with E-state index in [-0.39, 0.29) is 18.0 Å². The van der Waals surface area contributed by atoms with Crippen LogP contribution in [0.4, 0.5) is 16.2 Å². The summed E-state index contributed by atoms with van der Waals surface area (Å²) in [6.45, 7) is 11.2. The predicted octanol–water partition coefficient (Wildman–Crippen LogP) is 5.22. The zero-order valence-corrected chi connectivity index (χ0v) is 20.3. The molecule has 1 aromatic heterocycles. The third kappa shape index (κ3) is 5.52. The molecule has 4 rings (SSSR count).